The van der Waals surface area contributed by atoms with E-state index < -0.39 is 23.9 Å². The number of halogens is 2. The van der Waals surface area contributed by atoms with Crippen molar-refractivity contribution in [2.75, 3.05) is 6.61 Å². The Kier molecular flexibility index (Phi) is 2.85. The molecule has 1 fully saturated rings. The van der Waals surface area contributed by atoms with Gasteiger partial charge in [0.1, 0.15) is 6.04 Å². The molecule has 0 aromatic rings. The Balaban J connectivity index is 2.56. The largest absolute Gasteiger partial charge is 0.465 e. The summed E-state index contributed by atoms with van der Waals surface area (Å²) in [6, 6.07) is -1.17. The van der Waals surface area contributed by atoms with Gasteiger partial charge in [-0.05, 0) is 19.8 Å². The van der Waals surface area contributed by atoms with Crippen LogP contribution in [0.3, 0.4) is 0 Å². The zero-order chi connectivity index (χ0) is 10.1. The maximum Gasteiger partial charge on any atom is 0.323 e. The summed E-state index contributed by atoms with van der Waals surface area (Å²) in [5.41, 5.74) is 4.09. The first-order chi connectivity index (χ1) is 6.04. The van der Waals surface area contributed by atoms with E-state index in [1.54, 1.807) is 6.92 Å². The standard InChI is InChI=1S/C8H13F2NO2/c1-2-13-6(12)5(11)8(3-4-8)7(9)10/h5,7H,2-4,11H2,1H3. The van der Waals surface area contributed by atoms with Crippen LogP contribution in [0.4, 0.5) is 8.78 Å². The molecule has 5 heteroatoms. The highest BCUT2D eigenvalue weighted by atomic mass is 19.3. The molecule has 2 N–H and O–H groups in total. The molecule has 76 valence electrons. The number of rotatable bonds is 4. The first kappa shape index (κ1) is 10.4. The quantitative estimate of drug-likeness (QED) is 0.675. The highest BCUT2D eigenvalue weighted by Crippen LogP contribution is 2.53. The van der Waals surface area contributed by atoms with Crippen LogP contribution in [-0.2, 0) is 9.53 Å². The first-order valence-electron chi connectivity index (χ1n) is 4.25. The lowest BCUT2D eigenvalue weighted by molar-refractivity contribution is -0.148. The van der Waals surface area contributed by atoms with Crippen LogP contribution in [0.5, 0.6) is 0 Å². The molecule has 0 heterocycles. The van der Waals surface area contributed by atoms with Gasteiger partial charge in [0, 0.05) is 0 Å². The molecule has 0 radical (unpaired) electrons. The van der Waals surface area contributed by atoms with Crippen molar-refractivity contribution < 1.29 is 18.3 Å². The Morgan fingerprint density at radius 1 is 1.62 bits per heavy atom. The number of hydrogen-bond donors (Lipinski definition) is 1. The summed E-state index contributed by atoms with van der Waals surface area (Å²) in [4.78, 5) is 11.1. The van der Waals surface area contributed by atoms with E-state index in [0.717, 1.165) is 0 Å². The van der Waals surface area contributed by atoms with Crippen molar-refractivity contribution in [1.82, 2.24) is 0 Å². The molecule has 0 spiro atoms. The third-order valence-corrected chi connectivity index (χ3v) is 2.42. The van der Waals surface area contributed by atoms with Crippen LogP contribution in [-0.4, -0.2) is 25.0 Å². The number of ether oxygens (including phenoxy) is 1. The number of nitrogens with two attached hydrogens (primary N) is 1. The van der Waals surface area contributed by atoms with Gasteiger partial charge in [0.15, 0.2) is 0 Å². The van der Waals surface area contributed by atoms with Gasteiger partial charge in [0.2, 0.25) is 6.43 Å². The average molecular weight is 193 g/mol. The topological polar surface area (TPSA) is 52.3 Å². The van der Waals surface area contributed by atoms with E-state index in [1.165, 1.54) is 0 Å². The van der Waals surface area contributed by atoms with Crippen molar-refractivity contribution in [3.63, 3.8) is 0 Å². The van der Waals surface area contributed by atoms with E-state index in [2.05, 4.69) is 4.74 Å². The Morgan fingerprint density at radius 2 is 2.15 bits per heavy atom. The fraction of sp³-hybridized carbons (Fsp3) is 0.875. The van der Waals surface area contributed by atoms with Crippen molar-refractivity contribution in [2.45, 2.75) is 32.2 Å². The average Bonchev–Trinajstić information content (AvgIpc) is 2.83. The lowest BCUT2D eigenvalue weighted by Gasteiger charge is -2.20. The SMILES string of the molecule is CCOC(=O)C(N)C1(C(F)F)CC1. The highest BCUT2D eigenvalue weighted by molar-refractivity contribution is 5.77. The van der Waals surface area contributed by atoms with E-state index in [-0.39, 0.29) is 6.61 Å². The van der Waals surface area contributed by atoms with Crippen molar-refractivity contribution in [1.29, 1.82) is 0 Å². The van der Waals surface area contributed by atoms with Gasteiger partial charge in [0.05, 0.1) is 12.0 Å². The zero-order valence-corrected chi connectivity index (χ0v) is 7.43. The number of esters is 1. The fourth-order valence-corrected chi connectivity index (χ4v) is 1.28. The Morgan fingerprint density at radius 3 is 2.46 bits per heavy atom. The molecule has 1 unspecified atom stereocenters. The Labute approximate surface area is 75.2 Å². The minimum absolute atomic E-state index is 0.172. The first-order valence-corrected chi connectivity index (χ1v) is 4.25. The summed E-state index contributed by atoms with van der Waals surface area (Å²) >= 11 is 0. The van der Waals surface area contributed by atoms with E-state index in [4.69, 9.17) is 5.73 Å². The minimum atomic E-state index is -2.54. The minimum Gasteiger partial charge on any atom is -0.465 e. The number of carbonyl (C=O) groups excluding carboxylic acids is 1. The fourth-order valence-electron chi connectivity index (χ4n) is 1.28. The van der Waals surface area contributed by atoms with Crippen LogP contribution in [0.2, 0.25) is 0 Å². The van der Waals surface area contributed by atoms with Gasteiger partial charge in [0.25, 0.3) is 0 Å². The van der Waals surface area contributed by atoms with Gasteiger partial charge in [-0.15, -0.1) is 0 Å². The molecule has 1 saturated carbocycles. The molecule has 1 aliphatic carbocycles. The van der Waals surface area contributed by atoms with E-state index in [0.29, 0.717) is 12.8 Å². The monoisotopic (exact) mass is 193 g/mol. The van der Waals surface area contributed by atoms with E-state index in [1.807, 2.05) is 0 Å². The second-order valence-electron chi connectivity index (χ2n) is 3.26. The predicted octanol–water partition coefficient (Wildman–Crippen LogP) is 0.922. The zero-order valence-electron chi connectivity index (χ0n) is 7.43. The Hall–Kier alpha value is -0.710. The van der Waals surface area contributed by atoms with Crippen LogP contribution in [0.1, 0.15) is 19.8 Å². The number of hydrogen-bond acceptors (Lipinski definition) is 3. The second kappa shape index (κ2) is 3.57. The smallest absolute Gasteiger partial charge is 0.323 e. The molecule has 0 aliphatic heterocycles. The summed E-state index contributed by atoms with van der Waals surface area (Å²) in [5, 5.41) is 0. The molecule has 1 rings (SSSR count). The molecule has 0 aromatic heterocycles. The van der Waals surface area contributed by atoms with Crippen LogP contribution in [0, 0.1) is 5.41 Å². The molecule has 13 heavy (non-hydrogen) atoms. The maximum atomic E-state index is 12.4. The van der Waals surface area contributed by atoms with Gasteiger partial charge in [-0.25, -0.2) is 8.78 Å². The number of carbonyl (C=O) groups is 1. The lowest BCUT2D eigenvalue weighted by atomic mass is 9.98. The Bertz CT molecular complexity index is 204. The summed E-state index contributed by atoms with van der Waals surface area (Å²) in [6.45, 7) is 1.79. The summed E-state index contributed by atoms with van der Waals surface area (Å²) < 4.78 is 29.5. The molecular weight excluding hydrogens is 180 g/mol. The molecule has 0 aromatic carbocycles. The molecule has 3 nitrogen and oxygen atoms in total. The predicted molar refractivity (Wildman–Crippen MR) is 42.3 cm³/mol. The summed E-state index contributed by atoms with van der Waals surface area (Å²) in [6.07, 6.45) is -1.91. The molecule has 0 bridgehead atoms. The lowest BCUT2D eigenvalue weighted by Crippen LogP contribution is -2.44. The molecule has 1 atom stereocenters. The molecule has 0 amide bonds. The van der Waals surface area contributed by atoms with Crippen molar-refractivity contribution in [3.8, 4) is 0 Å². The van der Waals surface area contributed by atoms with Gasteiger partial charge in [-0.2, -0.15) is 0 Å². The van der Waals surface area contributed by atoms with E-state index >= 15 is 0 Å². The summed E-state index contributed by atoms with van der Waals surface area (Å²) in [5.74, 6) is -0.722. The van der Waals surface area contributed by atoms with Crippen LogP contribution >= 0.6 is 0 Å². The van der Waals surface area contributed by atoms with E-state index in [9.17, 15) is 13.6 Å². The van der Waals surface area contributed by atoms with Crippen LogP contribution in [0.25, 0.3) is 0 Å². The van der Waals surface area contributed by atoms with Crippen LogP contribution in [0.15, 0.2) is 0 Å². The number of alkyl halides is 2. The van der Waals surface area contributed by atoms with Gasteiger partial charge in [-0.1, -0.05) is 0 Å². The van der Waals surface area contributed by atoms with Crippen molar-refractivity contribution in [3.05, 3.63) is 0 Å². The van der Waals surface area contributed by atoms with Crippen LogP contribution < -0.4 is 5.73 Å². The molecule has 1 aliphatic rings. The van der Waals surface area contributed by atoms with Crippen molar-refractivity contribution in [2.24, 2.45) is 11.1 Å². The third kappa shape index (κ3) is 1.80. The van der Waals surface area contributed by atoms with Gasteiger partial charge >= 0.3 is 5.97 Å². The van der Waals surface area contributed by atoms with Crippen molar-refractivity contribution >= 4 is 5.97 Å². The maximum absolute atomic E-state index is 12.4. The van der Waals surface area contributed by atoms with Gasteiger partial charge < -0.3 is 10.5 Å². The second-order valence-corrected chi connectivity index (χ2v) is 3.26. The third-order valence-electron chi connectivity index (χ3n) is 2.42. The highest BCUT2D eigenvalue weighted by Gasteiger charge is 2.58. The van der Waals surface area contributed by atoms with Gasteiger partial charge in [-0.3, -0.25) is 4.79 Å². The molecule has 0 saturated heterocycles. The summed E-state index contributed by atoms with van der Waals surface area (Å²) in [7, 11) is 0. The molecular formula is C8H13F2NO2. The normalized spacial score (nSPS) is 21.3.